The van der Waals surface area contributed by atoms with Crippen molar-refractivity contribution in [1.29, 1.82) is 0 Å². The first kappa shape index (κ1) is 15.7. The molecule has 2 fully saturated rings. The van der Waals surface area contributed by atoms with Crippen LogP contribution in [0.2, 0.25) is 0 Å². The average molecular weight is 284 g/mol. The zero-order valence-electron chi connectivity index (χ0n) is 12.9. The highest BCUT2D eigenvalue weighted by atomic mass is 16.5. The van der Waals surface area contributed by atoms with Crippen molar-refractivity contribution in [2.75, 3.05) is 26.8 Å². The minimum atomic E-state index is -0.792. The minimum absolute atomic E-state index is 0.0400. The fraction of sp³-hybridized carbons (Fsp3) is 0.933. The van der Waals surface area contributed by atoms with Crippen LogP contribution in [0.25, 0.3) is 0 Å². The molecule has 0 aromatic rings. The van der Waals surface area contributed by atoms with Crippen molar-refractivity contribution in [2.45, 2.75) is 51.2 Å². The Labute approximate surface area is 121 Å². The van der Waals surface area contributed by atoms with Gasteiger partial charge in [0.2, 0.25) is 5.91 Å². The van der Waals surface area contributed by atoms with Crippen LogP contribution in [0.5, 0.6) is 0 Å². The Morgan fingerprint density at radius 1 is 1.40 bits per heavy atom. The smallest absolute Gasteiger partial charge is 0.243 e. The molecule has 0 aromatic heterocycles. The van der Waals surface area contributed by atoms with Gasteiger partial charge in [0.25, 0.3) is 0 Å². The molecule has 2 aliphatic rings. The number of ether oxygens (including phenoxy) is 1. The molecule has 1 saturated carbocycles. The number of aliphatic hydroxyl groups excluding tert-OH is 1. The summed E-state index contributed by atoms with van der Waals surface area (Å²) in [6.45, 7) is 5.71. The molecule has 1 saturated heterocycles. The Kier molecular flexibility index (Phi) is 4.42. The van der Waals surface area contributed by atoms with Crippen LogP contribution in [0.3, 0.4) is 0 Å². The zero-order valence-corrected chi connectivity index (χ0v) is 12.9. The van der Waals surface area contributed by atoms with E-state index in [1.807, 2.05) is 20.9 Å². The van der Waals surface area contributed by atoms with Gasteiger partial charge in [-0.1, -0.05) is 13.8 Å². The summed E-state index contributed by atoms with van der Waals surface area (Å²) in [5.41, 5.74) is 5.44. The van der Waals surface area contributed by atoms with Crippen molar-refractivity contribution >= 4 is 5.91 Å². The zero-order chi connectivity index (χ0) is 15.0. The van der Waals surface area contributed by atoms with Crippen molar-refractivity contribution in [3.05, 3.63) is 0 Å². The Morgan fingerprint density at radius 2 is 2.10 bits per heavy atom. The van der Waals surface area contributed by atoms with E-state index in [1.54, 1.807) is 4.90 Å². The van der Waals surface area contributed by atoms with Crippen LogP contribution in [-0.2, 0) is 9.53 Å². The number of rotatable bonds is 6. The first-order valence-electron chi connectivity index (χ1n) is 7.64. The third-order valence-electron chi connectivity index (χ3n) is 5.31. The molecule has 5 heteroatoms. The molecule has 1 heterocycles. The SMILES string of the molecule is CN(CCCCCO)C(=O)C1(N)C2CCOC2C1(C)C. The second-order valence-corrected chi connectivity index (χ2v) is 6.79. The summed E-state index contributed by atoms with van der Waals surface area (Å²) >= 11 is 0. The van der Waals surface area contributed by atoms with Crippen LogP contribution in [-0.4, -0.2) is 54.4 Å². The number of aliphatic hydroxyl groups is 1. The molecule has 3 unspecified atom stereocenters. The second-order valence-electron chi connectivity index (χ2n) is 6.79. The number of amides is 1. The van der Waals surface area contributed by atoms with Crippen molar-refractivity contribution in [3.8, 4) is 0 Å². The van der Waals surface area contributed by atoms with Gasteiger partial charge in [-0.2, -0.15) is 0 Å². The van der Waals surface area contributed by atoms with Gasteiger partial charge in [-0.05, 0) is 25.7 Å². The summed E-state index contributed by atoms with van der Waals surface area (Å²) in [5, 5.41) is 8.77. The lowest BCUT2D eigenvalue weighted by molar-refractivity contribution is -0.183. The maximum atomic E-state index is 12.8. The highest BCUT2D eigenvalue weighted by Gasteiger charge is 2.71. The predicted molar refractivity (Wildman–Crippen MR) is 77.1 cm³/mol. The second kappa shape index (κ2) is 5.62. The van der Waals surface area contributed by atoms with E-state index in [0.717, 1.165) is 25.7 Å². The molecule has 0 radical (unpaired) electrons. The molecule has 2 rings (SSSR count). The van der Waals surface area contributed by atoms with E-state index < -0.39 is 5.54 Å². The monoisotopic (exact) mass is 284 g/mol. The topological polar surface area (TPSA) is 75.8 Å². The lowest BCUT2D eigenvalue weighted by Gasteiger charge is -2.61. The van der Waals surface area contributed by atoms with E-state index in [-0.39, 0.29) is 30.0 Å². The first-order chi connectivity index (χ1) is 9.37. The van der Waals surface area contributed by atoms with Crippen LogP contribution >= 0.6 is 0 Å². The molecule has 1 aliphatic heterocycles. The van der Waals surface area contributed by atoms with Gasteiger partial charge in [-0.3, -0.25) is 4.79 Å². The maximum Gasteiger partial charge on any atom is 0.243 e. The van der Waals surface area contributed by atoms with Crippen LogP contribution < -0.4 is 5.73 Å². The normalized spacial score (nSPS) is 34.5. The fourth-order valence-corrected chi connectivity index (χ4v) is 3.87. The highest BCUT2D eigenvalue weighted by molar-refractivity contribution is 5.89. The van der Waals surface area contributed by atoms with Crippen molar-refractivity contribution in [3.63, 3.8) is 0 Å². The number of hydrogen-bond acceptors (Lipinski definition) is 4. The number of nitrogens with two attached hydrogens (primary N) is 1. The number of nitrogens with zero attached hydrogens (tertiary/aromatic N) is 1. The maximum absolute atomic E-state index is 12.8. The molecule has 116 valence electrons. The summed E-state index contributed by atoms with van der Waals surface area (Å²) < 4.78 is 5.73. The highest BCUT2D eigenvalue weighted by Crippen LogP contribution is 2.58. The first-order valence-corrected chi connectivity index (χ1v) is 7.64. The summed E-state index contributed by atoms with van der Waals surface area (Å²) in [6.07, 6.45) is 3.64. The molecule has 3 N–H and O–H groups in total. The molecule has 3 atom stereocenters. The molecule has 1 amide bonds. The van der Waals surface area contributed by atoms with Crippen molar-refractivity contribution in [2.24, 2.45) is 17.1 Å². The number of hydrogen-bond donors (Lipinski definition) is 2. The number of unbranched alkanes of at least 4 members (excludes halogenated alkanes) is 2. The van der Waals surface area contributed by atoms with E-state index in [1.165, 1.54) is 0 Å². The number of fused-ring (bicyclic) bond motifs is 1. The molecule has 0 bridgehead atoms. The number of carbonyl (C=O) groups excluding carboxylic acids is 1. The molecule has 0 aromatic carbocycles. The van der Waals surface area contributed by atoms with Gasteiger partial charge in [-0.15, -0.1) is 0 Å². The molecule has 5 nitrogen and oxygen atoms in total. The van der Waals surface area contributed by atoms with Crippen molar-refractivity contribution < 1.29 is 14.6 Å². The summed E-state index contributed by atoms with van der Waals surface area (Å²) in [7, 11) is 1.83. The molecule has 20 heavy (non-hydrogen) atoms. The van der Waals surface area contributed by atoms with Crippen LogP contribution in [0.4, 0.5) is 0 Å². The standard InChI is InChI=1S/C15H28N2O3/c1-14(2)12-11(7-10-20-12)15(14,16)13(19)17(3)8-5-4-6-9-18/h11-12,18H,4-10,16H2,1-3H3. The number of carbonyl (C=O) groups is 1. The number of likely N-dealkylation sites (N-methyl/N-ethyl adjacent to an activating group) is 1. The van der Waals surface area contributed by atoms with Crippen molar-refractivity contribution in [1.82, 2.24) is 4.90 Å². The lowest BCUT2D eigenvalue weighted by atomic mass is 9.47. The Bertz CT molecular complexity index is 372. The van der Waals surface area contributed by atoms with E-state index in [9.17, 15) is 4.79 Å². The van der Waals surface area contributed by atoms with Crippen LogP contribution in [0.1, 0.15) is 39.5 Å². The Hall–Kier alpha value is -0.650. The summed E-state index contributed by atoms with van der Waals surface area (Å²) in [6, 6.07) is 0. The molecule has 1 aliphatic carbocycles. The molecule has 0 spiro atoms. The minimum Gasteiger partial charge on any atom is -0.396 e. The van der Waals surface area contributed by atoms with Gasteiger partial charge in [0, 0.05) is 38.1 Å². The lowest BCUT2D eigenvalue weighted by Crippen LogP contribution is -2.80. The Morgan fingerprint density at radius 3 is 2.75 bits per heavy atom. The average Bonchev–Trinajstić information content (AvgIpc) is 2.89. The van der Waals surface area contributed by atoms with E-state index >= 15 is 0 Å². The molecular weight excluding hydrogens is 256 g/mol. The summed E-state index contributed by atoms with van der Waals surface area (Å²) in [5.74, 6) is 0.197. The third-order valence-corrected chi connectivity index (χ3v) is 5.31. The van der Waals surface area contributed by atoms with Gasteiger partial charge >= 0.3 is 0 Å². The van der Waals surface area contributed by atoms with Gasteiger partial charge in [0.1, 0.15) is 5.54 Å². The largest absolute Gasteiger partial charge is 0.396 e. The van der Waals surface area contributed by atoms with E-state index in [2.05, 4.69) is 0 Å². The van der Waals surface area contributed by atoms with Gasteiger partial charge in [-0.25, -0.2) is 0 Å². The molecular formula is C15H28N2O3. The quantitative estimate of drug-likeness (QED) is 0.706. The van der Waals surface area contributed by atoms with Crippen LogP contribution in [0.15, 0.2) is 0 Å². The van der Waals surface area contributed by atoms with Crippen LogP contribution in [0, 0.1) is 11.3 Å². The van der Waals surface area contributed by atoms with E-state index in [4.69, 9.17) is 15.6 Å². The van der Waals surface area contributed by atoms with Gasteiger partial charge in [0.15, 0.2) is 0 Å². The summed E-state index contributed by atoms with van der Waals surface area (Å²) in [4.78, 5) is 14.5. The fourth-order valence-electron chi connectivity index (χ4n) is 3.87. The van der Waals surface area contributed by atoms with Gasteiger partial charge < -0.3 is 20.5 Å². The van der Waals surface area contributed by atoms with E-state index in [0.29, 0.717) is 13.2 Å². The third kappa shape index (κ3) is 2.16. The van der Waals surface area contributed by atoms with Gasteiger partial charge in [0.05, 0.1) is 6.10 Å². The Balaban J connectivity index is 1.97. The predicted octanol–water partition coefficient (Wildman–Crippen LogP) is 0.750.